The third kappa shape index (κ3) is 7.04. The van der Waals surface area contributed by atoms with Gasteiger partial charge in [-0.25, -0.2) is 8.42 Å². The van der Waals surface area contributed by atoms with Crippen LogP contribution < -0.4 is 5.32 Å². The Bertz CT molecular complexity index is 295. The van der Waals surface area contributed by atoms with Crippen LogP contribution in [0.1, 0.15) is 51.9 Å². The molecule has 0 aromatic carbocycles. The van der Waals surface area contributed by atoms with Gasteiger partial charge in [-0.1, -0.05) is 32.6 Å². The Morgan fingerprint density at radius 1 is 1.24 bits per heavy atom. The summed E-state index contributed by atoms with van der Waals surface area (Å²) in [5, 5.41) is 3.41. The van der Waals surface area contributed by atoms with Crippen molar-refractivity contribution < 1.29 is 8.42 Å². The predicted octanol–water partition coefficient (Wildman–Crippen LogP) is 2.37. The molecule has 0 aromatic heterocycles. The zero-order valence-electron chi connectivity index (χ0n) is 11.2. The van der Waals surface area contributed by atoms with E-state index in [0.717, 1.165) is 25.3 Å². The zero-order chi connectivity index (χ0) is 12.7. The van der Waals surface area contributed by atoms with Crippen LogP contribution in [0, 0.1) is 5.92 Å². The summed E-state index contributed by atoms with van der Waals surface area (Å²) in [4.78, 5) is 0. The molecule has 0 bridgehead atoms. The summed E-state index contributed by atoms with van der Waals surface area (Å²) < 4.78 is 22.3. The SMILES string of the molecule is CCNC(CCC1CCCC1)CCS(C)(=O)=O. The maximum absolute atomic E-state index is 11.2. The van der Waals surface area contributed by atoms with E-state index in [2.05, 4.69) is 12.2 Å². The van der Waals surface area contributed by atoms with Crippen molar-refractivity contribution in [2.45, 2.75) is 57.9 Å². The van der Waals surface area contributed by atoms with Gasteiger partial charge >= 0.3 is 0 Å². The molecule has 1 aliphatic carbocycles. The maximum Gasteiger partial charge on any atom is 0.147 e. The van der Waals surface area contributed by atoms with Gasteiger partial charge in [-0.2, -0.15) is 0 Å². The molecule has 17 heavy (non-hydrogen) atoms. The molecule has 1 N–H and O–H groups in total. The largest absolute Gasteiger partial charge is 0.314 e. The second-order valence-corrected chi connectivity index (χ2v) is 7.66. The highest BCUT2D eigenvalue weighted by molar-refractivity contribution is 7.90. The summed E-state index contributed by atoms with van der Waals surface area (Å²) in [5.41, 5.74) is 0. The third-order valence-corrected chi connectivity index (χ3v) is 4.71. The zero-order valence-corrected chi connectivity index (χ0v) is 12.1. The fraction of sp³-hybridized carbons (Fsp3) is 1.00. The number of sulfone groups is 1. The van der Waals surface area contributed by atoms with E-state index in [4.69, 9.17) is 0 Å². The van der Waals surface area contributed by atoms with E-state index in [1.807, 2.05) is 0 Å². The summed E-state index contributed by atoms with van der Waals surface area (Å²) in [6.07, 6.45) is 10.0. The second-order valence-electron chi connectivity index (χ2n) is 5.40. The molecule has 0 saturated heterocycles. The van der Waals surface area contributed by atoms with Crippen LogP contribution in [-0.4, -0.2) is 33.0 Å². The standard InChI is InChI=1S/C13H27NO2S/c1-3-14-13(10-11-17(2,15)16)9-8-12-6-4-5-7-12/h12-14H,3-11H2,1-2H3. The van der Waals surface area contributed by atoms with Crippen LogP contribution in [0.2, 0.25) is 0 Å². The predicted molar refractivity (Wildman–Crippen MR) is 73.0 cm³/mol. The Morgan fingerprint density at radius 2 is 1.88 bits per heavy atom. The number of hydrogen-bond donors (Lipinski definition) is 1. The van der Waals surface area contributed by atoms with E-state index in [0.29, 0.717) is 11.8 Å². The lowest BCUT2D eigenvalue weighted by atomic mass is 9.97. The molecule has 1 fully saturated rings. The topological polar surface area (TPSA) is 46.2 Å². The molecule has 1 atom stereocenters. The minimum absolute atomic E-state index is 0.315. The van der Waals surface area contributed by atoms with E-state index < -0.39 is 9.84 Å². The molecule has 102 valence electrons. The fourth-order valence-corrected chi connectivity index (χ4v) is 3.44. The minimum Gasteiger partial charge on any atom is -0.314 e. The van der Waals surface area contributed by atoms with Crippen molar-refractivity contribution in [2.75, 3.05) is 18.6 Å². The average molecular weight is 261 g/mol. The van der Waals surface area contributed by atoms with E-state index in [1.54, 1.807) is 0 Å². The Balaban J connectivity index is 2.26. The molecule has 0 amide bonds. The molecule has 0 heterocycles. The molecule has 1 aliphatic rings. The fourth-order valence-electron chi connectivity index (χ4n) is 2.73. The number of nitrogens with one attached hydrogen (secondary N) is 1. The van der Waals surface area contributed by atoms with Crippen molar-refractivity contribution in [2.24, 2.45) is 5.92 Å². The first-order valence-corrected chi connectivity index (χ1v) is 8.98. The minimum atomic E-state index is -2.81. The van der Waals surface area contributed by atoms with E-state index in [1.165, 1.54) is 38.4 Å². The monoisotopic (exact) mass is 261 g/mol. The van der Waals surface area contributed by atoms with Gasteiger partial charge in [0.1, 0.15) is 9.84 Å². The normalized spacial score (nSPS) is 19.6. The molecule has 1 rings (SSSR count). The van der Waals surface area contributed by atoms with Crippen molar-refractivity contribution in [3.63, 3.8) is 0 Å². The summed E-state index contributed by atoms with van der Waals surface area (Å²) in [6.45, 7) is 3.02. The van der Waals surface area contributed by atoms with Crippen molar-refractivity contribution in [1.82, 2.24) is 5.32 Å². The third-order valence-electron chi connectivity index (χ3n) is 3.73. The molecular weight excluding hydrogens is 234 g/mol. The highest BCUT2D eigenvalue weighted by Gasteiger charge is 2.17. The first-order chi connectivity index (χ1) is 8.01. The summed E-state index contributed by atoms with van der Waals surface area (Å²) in [7, 11) is -2.81. The number of rotatable bonds is 8. The van der Waals surface area contributed by atoms with Gasteiger partial charge in [0, 0.05) is 12.3 Å². The highest BCUT2D eigenvalue weighted by atomic mass is 32.2. The Hall–Kier alpha value is -0.0900. The Kier molecular flexibility index (Phi) is 6.49. The van der Waals surface area contributed by atoms with Crippen LogP contribution in [0.3, 0.4) is 0 Å². The molecule has 0 radical (unpaired) electrons. The van der Waals surface area contributed by atoms with Gasteiger partial charge in [-0.05, 0) is 31.7 Å². The van der Waals surface area contributed by atoms with E-state index in [9.17, 15) is 8.42 Å². The Labute approximate surface area is 106 Å². The molecule has 4 heteroatoms. The van der Waals surface area contributed by atoms with Gasteiger partial charge in [0.2, 0.25) is 0 Å². The van der Waals surface area contributed by atoms with Gasteiger partial charge in [0.15, 0.2) is 0 Å². The number of hydrogen-bond acceptors (Lipinski definition) is 3. The quantitative estimate of drug-likeness (QED) is 0.729. The van der Waals surface area contributed by atoms with Gasteiger partial charge in [0.25, 0.3) is 0 Å². The smallest absolute Gasteiger partial charge is 0.147 e. The molecule has 1 unspecified atom stereocenters. The van der Waals surface area contributed by atoms with Crippen LogP contribution in [0.25, 0.3) is 0 Å². The van der Waals surface area contributed by atoms with Crippen molar-refractivity contribution in [3.8, 4) is 0 Å². The maximum atomic E-state index is 11.2. The van der Waals surface area contributed by atoms with Gasteiger partial charge < -0.3 is 5.32 Å². The first kappa shape index (κ1) is 15.0. The van der Waals surface area contributed by atoms with Crippen LogP contribution in [-0.2, 0) is 9.84 Å². The lowest BCUT2D eigenvalue weighted by Crippen LogP contribution is -2.31. The van der Waals surface area contributed by atoms with E-state index in [-0.39, 0.29) is 0 Å². The highest BCUT2D eigenvalue weighted by Crippen LogP contribution is 2.29. The molecule has 0 aliphatic heterocycles. The summed E-state index contributed by atoms with van der Waals surface area (Å²) in [5.74, 6) is 1.21. The molecule has 3 nitrogen and oxygen atoms in total. The first-order valence-electron chi connectivity index (χ1n) is 6.92. The van der Waals surface area contributed by atoms with Crippen LogP contribution in [0.15, 0.2) is 0 Å². The molecule has 1 saturated carbocycles. The summed E-state index contributed by atoms with van der Waals surface area (Å²) in [6, 6.07) is 0.385. The Morgan fingerprint density at radius 3 is 2.41 bits per heavy atom. The van der Waals surface area contributed by atoms with Crippen molar-refractivity contribution in [3.05, 3.63) is 0 Å². The molecule has 0 spiro atoms. The van der Waals surface area contributed by atoms with Crippen LogP contribution in [0.4, 0.5) is 0 Å². The van der Waals surface area contributed by atoms with Crippen LogP contribution >= 0.6 is 0 Å². The molecule has 0 aromatic rings. The summed E-state index contributed by atoms with van der Waals surface area (Å²) >= 11 is 0. The average Bonchev–Trinajstić information content (AvgIpc) is 2.74. The second kappa shape index (κ2) is 7.37. The van der Waals surface area contributed by atoms with Gasteiger partial charge in [-0.15, -0.1) is 0 Å². The lowest BCUT2D eigenvalue weighted by molar-refractivity contribution is 0.402. The van der Waals surface area contributed by atoms with Gasteiger partial charge in [-0.3, -0.25) is 0 Å². The van der Waals surface area contributed by atoms with Gasteiger partial charge in [0.05, 0.1) is 5.75 Å². The van der Waals surface area contributed by atoms with Crippen molar-refractivity contribution >= 4 is 9.84 Å². The molecular formula is C13H27NO2S. The van der Waals surface area contributed by atoms with Crippen molar-refractivity contribution in [1.29, 1.82) is 0 Å². The lowest BCUT2D eigenvalue weighted by Gasteiger charge is -2.19. The van der Waals surface area contributed by atoms with Crippen LogP contribution in [0.5, 0.6) is 0 Å². The van der Waals surface area contributed by atoms with E-state index >= 15 is 0 Å².